The van der Waals surface area contributed by atoms with Crippen molar-refractivity contribution < 1.29 is 13.9 Å². The van der Waals surface area contributed by atoms with E-state index < -0.39 is 0 Å². The lowest BCUT2D eigenvalue weighted by Crippen LogP contribution is -2.10. The minimum absolute atomic E-state index is 0.262. The molecule has 2 nitrogen and oxygen atoms in total. The van der Waals surface area contributed by atoms with Crippen molar-refractivity contribution in [3.8, 4) is 17.2 Å². The molecule has 1 atom stereocenters. The highest BCUT2D eigenvalue weighted by molar-refractivity contribution is 5.37. The molecule has 0 radical (unpaired) electrons. The van der Waals surface area contributed by atoms with Crippen LogP contribution in [0.4, 0.5) is 4.39 Å². The average Bonchev–Trinajstić information content (AvgIpc) is 2.70. The van der Waals surface area contributed by atoms with E-state index in [-0.39, 0.29) is 11.6 Å². The third-order valence-corrected chi connectivity index (χ3v) is 4.85. The number of para-hydroxylation sites is 1. The van der Waals surface area contributed by atoms with Crippen LogP contribution in [0.3, 0.4) is 0 Å². The van der Waals surface area contributed by atoms with Crippen molar-refractivity contribution >= 4 is 0 Å². The highest BCUT2D eigenvalue weighted by Crippen LogP contribution is 2.32. The maximum Gasteiger partial charge on any atom is 0.165 e. The van der Waals surface area contributed by atoms with Gasteiger partial charge in [-0.2, -0.15) is 0 Å². The average molecular weight is 378 g/mol. The van der Waals surface area contributed by atoms with E-state index in [1.54, 1.807) is 0 Å². The van der Waals surface area contributed by atoms with Gasteiger partial charge in [0.05, 0.1) is 6.61 Å². The zero-order valence-corrected chi connectivity index (χ0v) is 16.7. The van der Waals surface area contributed by atoms with Gasteiger partial charge in [-0.15, -0.1) is 0 Å². The molecule has 3 aromatic rings. The fourth-order valence-corrected chi connectivity index (χ4v) is 3.34. The number of ether oxygens (including phenoxy) is 2. The second kappa shape index (κ2) is 9.41. The van der Waals surface area contributed by atoms with Crippen LogP contribution >= 0.6 is 0 Å². The quantitative estimate of drug-likeness (QED) is 0.420. The summed E-state index contributed by atoms with van der Waals surface area (Å²) in [6, 6.07) is 22.7. The lowest BCUT2D eigenvalue weighted by Gasteiger charge is -2.22. The molecule has 0 bridgehead atoms. The van der Waals surface area contributed by atoms with Gasteiger partial charge in [-0.1, -0.05) is 50.2 Å². The van der Waals surface area contributed by atoms with Gasteiger partial charge >= 0.3 is 0 Å². The first-order chi connectivity index (χ1) is 13.6. The summed E-state index contributed by atoms with van der Waals surface area (Å²) < 4.78 is 25.5. The van der Waals surface area contributed by atoms with Gasteiger partial charge in [0.15, 0.2) is 11.6 Å². The van der Waals surface area contributed by atoms with E-state index in [0.717, 1.165) is 17.7 Å². The SMILES string of the molecule is CCOc1ccc(C(Cc2ccc(F)c(Oc3ccccc3)c2)C(C)C)cc1. The van der Waals surface area contributed by atoms with Gasteiger partial charge in [-0.25, -0.2) is 4.39 Å². The topological polar surface area (TPSA) is 18.5 Å². The summed E-state index contributed by atoms with van der Waals surface area (Å²) in [5.74, 6) is 2.19. The Morgan fingerprint density at radius 3 is 2.21 bits per heavy atom. The molecule has 0 heterocycles. The summed E-state index contributed by atoms with van der Waals surface area (Å²) >= 11 is 0. The van der Waals surface area contributed by atoms with Gasteiger partial charge in [0.25, 0.3) is 0 Å². The van der Waals surface area contributed by atoms with E-state index in [2.05, 4.69) is 26.0 Å². The molecule has 0 aliphatic rings. The Kier molecular flexibility index (Phi) is 6.70. The van der Waals surface area contributed by atoms with E-state index >= 15 is 0 Å². The van der Waals surface area contributed by atoms with Crippen molar-refractivity contribution in [3.63, 3.8) is 0 Å². The molecule has 1 unspecified atom stereocenters. The summed E-state index contributed by atoms with van der Waals surface area (Å²) in [5.41, 5.74) is 2.31. The standard InChI is InChI=1S/C25H27FO2/c1-4-27-21-13-11-20(12-14-21)23(18(2)3)16-19-10-15-24(26)25(17-19)28-22-8-6-5-7-9-22/h5-15,17-18,23H,4,16H2,1-3H3. The van der Waals surface area contributed by atoms with Crippen molar-refractivity contribution in [2.24, 2.45) is 5.92 Å². The monoisotopic (exact) mass is 378 g/mol. The number of hydrogen-bond donors (Lipinski definition) is 0. The van der Waals surface area contributed by atoms with Crippen LogP contribution in [-0.4, -0.2) is 6.61 Å². The van der Waals surface area contributed by atoms with Crippen molar-refractivity contribution in [1.29, 1.82) is 0 Å². The Labute approximate surface area is 166 Å². The Hall–Kier alpha value is -2.81. The fraction of sp³-hybridized carbons (Fsp3) is 0.280. The first-order valence-electron chi connectivity index (χ1n) is 9.81. The first kappa shape index (κ1) is 19.9. The Balaban J connectivity index is 1.80. The number of rotatable bonds is 8. The molecule has 0 saturated carbocycles. The number of benzene rings is 3. The van der Waals surface area contributed by atoms with Crippen molar-refractivity contribution in [1.82, 2.24) is 0 Å². The highest BCUT2D eigenvalue weighted by atomic mass is 19.1. The predicted octanol–water partition coefficient (Wildman–Crippen LogP) is 7.00. The molecule has 0 aliphatic carbocycles. The second-order valence-electron chi connectivity index (χ2n) is 7.24. The fourth-order valence-electron chi connectivity index (χ4n) is 3.34. The van der Waals surface area contributed by atoms with Gasteiger partial charge in [0.2, 0.25) is 0 Å². The predicted molar refractivity (Wildman–Crippen MR) is 112 cm³/mol. The summed E-state index contributed by atoms with van der Waals surface area (Å²) in [6.45, 7) is 7.07. The van der Waals surface area contributed by atoms with Crippen molar-refractivity contribution in [2.75, 3.05) is 6.61 Å². The number of hydrogen-bond acceptors (Lipinski definition) is 2. The Bertz CT molecular complexity index is 873. The molecule has 3 aromatic carbocycles. The third kappa shape index (κ3) is 5.13. The first-order valence-corrected chi connectivity index (χ1v) is 9.81. The smallest absolute Gasteiger partial charge is 0.165 e. The second-order valence-corrected chi connectivity index (χ2v) is 7.24. The van der Waals surface area contributed by atoms with Gasteiger partial charge < -0.3 is 9.47 Å². The van der Waals surface area contributed by atoms with Gasteiger partial charge in [0, 0.05) is 0 Å². The molecule has 0 N–H and O–H groups in total. The molecule has 0 fully saturated rings. The van der Waals surface area contributed by atoms with Crippen molar-refractivity contribution in [2.45, 2.75) is 33.1 Å². The highest BCUT2D eigenvalue weighted by Gasteiger charge is 2.18. The van der Waals surface area contributed by atoms with E-state index in [4.69, 9.17) is 9.47 Å². The summed E-state index contributed by atoms with van der Waals surface area (Å²) in [6.07, 6.45) is 0.817. The molecular weight excluding hydrogens is 351 g/mol. The van der Waals surface area contributed by atoms with Crippen LogP contribution in [-0.2, 0) is 6.42 Å². The molecule has 0 spiro atoms. The molecule has 146 valence electrons. The molecule has 0 aromatic heterocycles. The third-order valence-electron chi connectivity index (χ3n) is 4.85. The van der Waals surface area contributed by atoms with Crippen LogP contribution in [0.15, 0.2) is 72.8 Å². The zero-order valence-electron chi connectivity index (χ0n) is 16.7. The van der Waals surface area contributed by atoms with Crippen LogP contribution in [0.25, 0.3) is 0 Å². The zero-order chi connectivity index (χ0) is 19.9. The minimum Gasteiger partial charge on any atom is -0.494 e. The van der Waals surface area contributed by atoms with Crippen LogP contribution < -0.4 is 9.47 Å². The van der Waals surface area contributed by atoms with Gasteiger partial charge in [-0.3, -0.25) is 0 Å². The molecule has 28 heavy (non-hydrogen) atoms. The van der Waals surface area contributed by atoms with Crippen LogP contribution in [0, 0.1) is 11.7 Å². The van der Waals surface area contributed by atoms with Gasteiger partial charge in [-0.05, 0) is 72.7 Å². The van der Waals surface area contributed by atoms with Crippen LogP contribution in [0.1, 0.15) is 37.8 Å². The van der Waals surface area contributed by atoms with E-state index in [1.165, 1.54) is 11.6 Å². The summed E-state index contributed by atoms with van der Waals surface area (Å²) in [5, 5.41) is 0. The van der Waals surface area contributed by atoms with Crippen molar-refractivity contribution in [3.05, 3.63) is 89.7 Å². The van der Waals surface area contributed by atoms with Crippen LogP contribution in [0.5, 0.6) is 17.2 Å². The lowest BCUT2D eigenvalue weighted by molar-refractivity contribution is 0.340. The summed E-state index contributed by atoms with van der Waals surface area (Å²) in [4.78, 5) is 0. The molecule has 0 amide bonds. The molecule has 0 aliphatic heterocycles. The normalized spacial score (nSPS) is 12.0. The Morgan fingerprint density at radius 2 is 1.57 bits per heavy atom. The lowest BCUT2D eigenvalue weighted by atomic mass is 9.83. The largest absolute Gasteiger partial charge is 0.494 e. The minimum atomic E-state index is -0.352. The molecular formula is C25H27FO2. The molecule has 3 rings (SSSR count). The van der Waals surface area contributed by atoms with Crippen LogP contribution in [0.2, 0.25) is 0 Å². The molecule has 0 saturated heterocycles. The molecule has 3 heteroatoms. The summed E-state index contributed by atoms with van der Waals surface area (Å²) in [7, 11) is 0. The Morgan fingerprint density at radius 1 is 0.857 bits per heavy atom. The van der Waals surface area contributed by atoms with Gasteiger partial charge in [0.1, 0.15) is 11.5 Å². The number of halogens is 1. The van der Waals surface area contributed by atoms with E-state index in [9.17, 15) is 4.39 Å². The van der Waals surface area contributed by atoms with E-state index in [1.807, 2.05) is 61.5 Å². The maximum absolute atomic E-state index is 14.3. The van der Waals surface area contributed by atoms with E-state index in [0.29, 0.717) is 24.2 Å². The maximum atomic E-state index is 14.3.